The molecule has 1 aromatic heterocycles. The van der Waals surface area contributed by atoms with E-state index in [-0.39, 0.29) is 17.6 Å². The van der Waals surface area contributed by atoms with Crippen molar-refractivity contribution in [1.29, 1.82) is 0 Å². The van der Waals surface area contributed by atoms with Crippen molar-refractivity contribution in [2.45, 2.75) is 38.8 Å². The Kier molecular flexibility index (Phi) is 6.39. The van der Waals surface area contributed by atoms with Gasteiger partial charge in [0.05, 0.1) is 5.92 Å². The summed E-state index contributed by atoms with van der Waals surface area (Å²) in [5.41, 5.74) is 1.82. The summed E-state index contributed by atoms with van der Waals surface area (Å²) in [7, 11) is 2.13. The highest BCUT2D eigenvalue weighted by atomic mass is 19.1. The molecule has 2 atom stereocenters. The topological polar surface area (TPSA) is 61.4 Å². The highest BCUT2D eigenvalue weighted by Gasteiger charge is 2.39. The van der Waals surface area contributed by atoms with Gasteiger partial charge in [-0.3, -0.25) is 9.69 Å². The van der Waals surface area contributed by atoms with E-state index in [4.69, 9.17) is 0 Å². The largest absolute Gasteiger partial charge is 0.326 e. The average Bonchev–Trinajstić information content (AvgIpc) is 3.14. The molecule has 0 radical (unpaired) electrons. The number of hydrogen-bond donors (Lipinski definition) is 1. The maximum atomic E-state index is 13.1. The molecule has 2 aromatic rings. The second kappa shape index (κ2) is 9.18. The molecule has 160 valence electrons. The first kappa shape index (κ1) is 20.9. The molecule has 2 aliphatic rings. The molecule has 1 amide bonds. The van der Waals surface area contributed by atoms with Crippen LogP contribution in [0.3, 0.4) is 0 Å². The predicted molar refractivity (Wildman–Crippen MR) is 114 cm³/mol. The average molecular weight is 412 g/mol. The van der Waals surface area contributed by atoms with Crippen LogP contribution in [0.1, 0.15) is 30.7 Å². The van der Waals surface area contributed by atoms with Crippen LogP contribution >= 0.6 is 0 Å². The Balaban J connectivity index is 1.27. The Labute approximate surface area is 177 Å². The molecule has 1 N–H and O–H groups in total. The minimum Gasteiger partial charge on any atom is -0.326 e. The van der Waals surface area contributed by atoms with Crippen LogP contribution in [-0.2, 0) is 11.3 Å². The lowest BCUT2D eigenvalue weighted by atomic mass is 9.86. The lowest BCUT2D eigenvalue weighted by molar-refractivity contribution is -0.119. The smallest absolute Gasteiger partial charge is 0.228 e. The van der Waals surface area contributed by atoms with Crippen molar-refractivity contribution in [3.05, 3.63) is 53.9 Å². The molecule has 30 heavy (non-hydrogen) atoms. The number of halogens is 1. The molecule has 0 saturated carbocycles. The molecule has 6 nitrogen and oxygen atoms in total. The zero-order valence-corrected chi connectivity index (χ0v) is 17.7. The van der Waals surface area contributed by atoms with E-state index in [1.807, 2.05) is 19.3 Å². The number of amides is 1. The van der Waals surface area contributed by atoms with E-state index < -0.39 is 0 Å². The van der Waals surface area contributed by atoms with Crippen LogP contribution in [0.15, 0.2) is 36.7 Å². The summed E-state index contributed by atoms with van der Waals surface area (Å²) in [5.74, 6) is 1.14. The number of nitrogens with one attached hydrogen (secondary N) is 1. The van der Waals surface area contributed by atoms with Crippen LogP contribution < -0.4 is 5.32 Å². The Morgan fingerprint density at radius 2 is 1.83 bits per heavy atom. The van der Waals surface area contributed by atoms with Crippen molar-refractivity contribution in [2.24, 2.45) is 11.8 Å². The van der Waals surface area contributed by atoms with Gasteiger partial charge in [-0.1, -0.05) is 0 Å². The van der Waals surface area contributed by atoms with Crippen molar-refractivity contribution in [3.63, 3.8) is 0 Å². The molecular formula is C23H30FN5O. The molecule has 1 aromatic carbocycles. The first-order valence-corrected chi connectivity index (χ1v) is 10.7. The van der Waals surface area contributed by atoms with E-state index in [1.54, 1.807) is 12.1 Å². The first-order valence-electron chi connectivity index (χ1n) is 10.7. The molecule has 0 aliphatic carbocycles. The van der Waals surface area contributed by atoms with E-state index >= 15 is 0 Å². The monoisotopic (exact) mass is 411 g/mol. The molecule has 2 saturated heterocycles. The van der Waals surface area contributed by atoms with Crippen LogP contribution in [0, 0.1) is 24.6 Å². The van der Waals surface area contributed by atoms with E-state index in [2.05, 4.69) is 32.1 Å². The highest BCUT2D eigenvalue weighted by Crippen LogP contribution is 2.33. The predicted octanol–water partition coefficient (Wildman–Crippen LogP) is 3.10. The Morgan fingerprint density at radius 3 is 2.50 bits per heavy atom. The lowest BCUT2D eigenvalue weighted by Crippen LogP contribution is -2.41. The second-order valence-electron chi connectivity index (χ2n) is 8.69. The number of aromatic nitrogens is 2. The van der Waals surface area contributed by atoms with Crippen molar-refractivity contribution >= 4 is 11.6 Å². The minimum atomic E-state index is -0.296. The summed E-state index contributed by atoms with van der Waals surface area (Å²) in [5, 5.41) is 2.94. The van der Waals surface area contributed by atoms with Gasteiger partial charge >= 0.3 is 0 Å². The number of nitrogens with zero attached hydrogens (tertiary/aromatic N) is 4. The molecule has 7 heteroatoms. The number of piperidine rings is 1. The van der Waals surface area contributed by atoms with E-state index in [0.717, 1.165) is 56.8 Å². The maximum absolute atomic E-state index is 13.1. The molecule has 2 fully saturated rings. The lowest BCUT2D eigenvalue weighted by Gasteiger charge is -2.37. The zero-order valence-electron chi connectivity index (χ0n) is 17.7. The third kappa shape index (κ3) is 5.02. The number of carbonyl (C=O) groups is 1. The molecule has 2 aliphatic heterocycles. The van der Waals surface area contributed by atoms with Gasteiger partial charge in [0.2, 0.25) is 5.91 Å². The Hall–Kier alpha value is -2.38. The summed E-state index contributed by atoms with van der Waals surface area (Å²) in [6.45, 7) is 5.71. The Morgan fingerprint density at radius 1 is 1.17 bits per heavy atom. The van der Waals surface area contributed by atoms with Crippen molar-refractivity contribution in [2.75, 3.05) is 32.0 Å². The standard InChI is InChI=1S/C23H30FN5O/c1-16-25-12-17(13-26-16)14-29-9-7-18(8-10-29)22-11-19(15-28(22)2)23(30)27-21-5-3-20(24)4-6-21/h3-6,12-13,18-19,22H,7-11,14-15H2,1-2H3,(H,27,30)/t19-,22+/m1/s1. The maximum Gasteiger partial charge on any atom is 0.228 e. The highest BCUT2D eigenvalue weighted by molar-refractivity contribution is 5.92. The summed E-state index contributed by atoms with van der Waals surface area (Å²) in [6, 6.07) is 6.40. The van der Waals surface area contributed by atoms with Crippen LogP contribution in [-0.4, -0.2) is 58.4 Å². The fourth-order valence-electron chi connectivity index (χ4n) is 4.80. The number of aryl methyl sites for hydroxylation is 1. The normalized spacial score (nSPS) is 23.6. The van der Waals surface area contributed by atoms with Crippen molar-refractivity contribution in [3.8, 4) is 0 Å². The van der Waals surface area contributed by atoms with Gasteiger partial charge in [-0.15, -0.1) is 0 Å². The summed E-state index contributed by atoms with van der Waals surface area (Å²) in [6.07, 6.45) is 7.02. The quantitative estimate of drug-likeness (QED) is 0.819. The third-order valence-corrected chi connectivity index (χ3v) is 6.50. The van der Waals surface area contributed by atoms with E-state index in [1.165, 1.54) is 12.1 Å². The summed E-state index contributed by atoms with van der Waals surface area (Å²) < 4.78 is 13.1. The number of hydrogen-bond acceptors (Lipinski definition) is 5. The van der Waals surface area contributed by atoms with Gasteiger partial charge in [0.1, 0.15) is 11.6 Å². The van der Waals surface area contributed by atoms with Crippen LogP contribution in [0.4, 0.5) is 10.1 Å². The third-order valence-electron chi connectivity index (χ3n) is 6.50. The number of likely N-dealkylation sites (tertiary alicyclic amines) is 2. The van der Waals surface area contributed by atoms with Gasteiger partial charge in [-0.2, -0.15) is 0 Å². The van der Waals surface area contributed by atoms with Gasteiger partial charge in [0, 0.05) is 42.8 Å². The molecule has 0 spiro atoms. The second-order valence-corrected chi connectivity index (χ2v) is 8.69. The summed E-state index contributed by atoms with van der Waals surface area (Å²) >= 11 is 0. The fourth-order valence-corrected chi connectivity index (χ4v) is 4.80. The van der Waals surface area contributed by atoms with Crippen LogP contribution in [0.5, 0.6) is 0 Å². The SMILES string of the molecule is Cc1ncc(CN2CCC([C@@H]3C[C@@H](C(=O)Nc4ccc(F)cc4)CN3C)CC2)cn1. The van der Waals surface area contributed by atoms with Gasteiger partial charge < -0.3 is 10.2 Å². The van der Waals surface area contributed by atoms with Crippen molar-refractivity contribution < 1.29 is 9.18 Å². The number of benzene rings is 1. The fraction of sp³-hybridized carbons (Fsp3) is 0.522. The van der Waals surface area contributed by atoms with Crippen molar-refractivity contribution in [1.82, 2.24) is 19.8 Å². The molecule has 3 heterocycles. The number of anilines is 1. The van der Waals surface area contributed by atoms with E-state index in [9.17, 15) is 9.18 Å². The summed E-state index contributed by atoms with van der Waals surface area (Å²) in [4.78, 5) is 26.1. The van der Waals surface area contributed by atoms with Gasteiger partial charge in [-0.25, -0.2) is 14.4 Å². The van der Waals surface area contributed by atoms with Crippen LogP contribution in [0.25, 0.3) is 0 Å². The molecular weight excluding hydrogens is 381 g/mol. The zero-order chi connectivity index (χ0) is 21.1. The molecule has 4 rings (SSSR count). The van der Waals surface area contributed by atoms with Gasteiger partial charge in [0.15, 0.2) is 0 Å². The van der Waals surface area contributed by atoms with Gasteiger partial charge in [-0.05, 0) is 76.5 Å². The first-order chi connectivity index (χ1) is 14.5. The molecule has 0 unspecified atom stereocenters. The molecule has 0 bridgehead atoms. The van der Waals surface area contributed by atoms with E-state index in [0.29, 0.717) is 17.6 Å². The Bertz CT molecular complexity index is 849. The minimum absolute atomic E-state index is 0.0206. The van der Waals surface area contributed by atoms with Gasteiger partial charge in [0.25, 0.3) is 0 Å². The van der Waals surface area contributed by atoms with Crippen LogP contribution in [0.2, 0.25) is 0 Å². The number of rotatable bonds is 5. The number of carbonyl (C=O) groups excluding carboxylic acids is 1.